The third-order valence-electron chi connectivity index (χ3n) is 3.03. The molecule has 2 atom stereocenters. The third kappa shape index (κ3) is 2.58. The molecule has 1 aromatic carbocycles. The van der Waals surface area contributed by atoms with Crippen LogP contribution in [-0.2, 0) is 0 Å². The number of rotatable bonds is 5. The monoisotopic (exact) mass is 222 g/mol. The molecule has 4 heteroatoms. The van der Waals surface area contributed by atoms with Gasteiger partial charge in [-0.15, -0.1) is 0 Å². The molecule has 0 saturated carbocycles. The fourth-order valence-corrected chi connectivity index (χ4v) is 2.01. The largest absolute Gasteiger partial charge is 0.317 e. The minimum atomic E-state index is -0.305. The number of hydrogen-bond acceptors (Lipinski definition) is 3. The second kappa shape index (κ2) is 5.61. The van der Waals surface area contributed by atoms with Crippen molar-refractivity contribution in [3.8, 4) is 0 Å². The molecule has 1 rings (SSSR count). The normalized spacial score (nSPS) is 14.4. The Hall–Kier alpha value is -1.42. The highest BCUT2D eigenvalue weighted by Crippen LogP contribution is 2.30. The molecular weight excluding hydrogens is 204 g/mol. The van der Waals surface area contributed by atoms with E-state index < -0.39 is 0 Å². The number of nitro benzene ring substituents is 1. The van der Waals surface area contributed by atoms with Crippen LogP contribution in [0.2, 0.25) is 0 Å². The minimum Gasteiger partial charge on any atom is -0.317 e. The number of benzene rings is 1. The van der Waals surface area contributed by atoms with Gasteiger partial charge in [0.2, 0.25) is 0 Å². The fourth-order valence-electron chi connectivity index (χ4n) is 2.01. The Labute approximate surface area is 95.8 Å². The van der Waals surface area contributed by atoms with Crippen molar-refractivity contribution in [1.82, 2.24) is 5.32 Å². The summed E-state index contributed by atoms with van der Waals surface area (Å²) in [6.07, 6.45) is 0.882. The molecule has 1 N–H and O–H groups in total. The highest BCUT2D eigenvalue weighted by Gasteiger charge is 2.23. The lowest BCUT2D eigenvalue weighted by atomic mass is 9.89. The first kappa shape index (κ1) is 12.6. The summed E-state index contributed by atoms with van der Waals surface area (Å²) in [5.74, 6) is 0.173. The lowest BCUT2D eigenvalue weighted by Crippen LogP contribution is -2.29. The Morgan fingerprint density at radius 1 is 1.44 bits per heavy atom. The zero-order valence-electron chi connectivity index (χ0n) is 9.93. The third-order valence-corrected chi connectivity index (χ3v) is 3.03. The van der Waals surface area contributed by atoms with Crippen molar-refractivity contribution in [3.05, 3.63) is 39.9 Å². The quantitative estimate of drug-likeness (QED) is 0.615. The summed E-state index contributed by atoms with van der Waals surface area (Å²) in [6.45, 7) is 4.10. The van der Waals surface area contributed by atoms with Crippen molar-refractivity contribution in [2.75, 3.05) is 7.05 Å². The standard InChI is InChI=1S/C12H18N2O2/c1-4-10(9(2)13-3)11-7-5-6-8-12(11)14(15)16/h5-10,13H,4H2,1-3H3. The first-order valence-corrected chi connectivity index (χ1v) is 5.52. The molecule has 0 aliphatic heterocycles. The topological polar surface area (TPSA) is 55.2 Å². The van der Waals surface area contributed by atoms with E-state index in [9.17, 15) is 10.1 Å². The van der Waals surface area contributed by atoms with E-state index in [1.165, 1.54) is 0 Å². The summed E-state index contributed by atoms with van der Waals surface area (Å²) in [6, 6.07) is 7.21. The highest BCUT2D eigenvalue weighted by molar-refractivity contribution is 5.42. The van der Waals surface area contributed by atoms with Crippen molar-refractivity contribution in [1.29, 1.82) is 0 Å². The molecule has 0 aliphatic carbocycles. The van der Waals surface area contributed by atoms with Gasteiger partial charge in [0.25, 0.3) is 5.69 Å². The van der Waals surface area contributed by atoms with E-state index >= 15 is 0 Å². The molecule has 2 unspecified atom stereocenters. The van der Waals surface area contributed by atoms with Gasteiger partial charge >= 0.3 is 0 Å². The molecule has 0 aliphatic rings. The zero-order chi connectivity index (χ0) is 12.1. The van der Waals surface area contributed by atoms with Gasteiger partial charge in [-0.2, -0.15) is 0 Å². The molecule has 0 radical (unpaired) electrons. The molecule has 0 bridgehead atoms. The van der Waals surface area contributed by atoms with Crippen LogP contribution in [0.1, 0.15) is 31.7 Å². The predicted octanol–water partition coefficient (Wildman–Crippen LogP) is 2.70. The second-order valence-corrected chi connectivity index (χ2v) is 3.91. The van der Waals surface area contributed by atoms with Crippen molar-refractivity contribution in [2.24, 2.45) is 0 Å². The Kier molecular flexibility index (Phi) is 4.43. The summed E-state index contributed by atoms with van der Waals surface area (Å²) < 4.78 is 0. The van der Waals surface area contributed by atoms with Gasteiger partial charge in [-0.1, -0.05) is 25.1 Å². The minimum absolute atomic E-state index is 0.173. The van der Waals surface area contributed by atoms with Crippen LogP contribution in [0.15, 0.2) is 24.3 Å². The first-order chi connectivity index (χ1) is 7.61. The maximum absolute atomic E-state index is 10.9. The van der Waals surface area contributed by atoms with Crippen LogP contribution in [0.25, 0.3) is 0 Å². The maximum Gasteiger partial charge on any atom is 0.272 e. The lowest BCUT2D eigenvalue weighted by molar-refractivity contribution is -0.385. The Bertz CT molecular complexity index is 366. The van der Waals surface area contributed by atoms with Gasteiger partial charge in [-0.05, 0) is 20.4 Å². The fraction of sp³-hybridized carbons (Fsp3) is 0.500. The summed E-state index contributed by atoms with van der Waals surface area (Å²) in [4.78, 5) is 10.6. The Morgan fingerprint density at radius 2 is 2.06 bits per heavy atom. The van der Waals surface area contributed by atoms with Crippen LogP contribution >= 0.6 is 0 Å². The van der Waals surface area contributed by atoms with Crippen molar-refractivity contribution in [2.45, 2.75) is 32.2 Å². The van der Waals surface area contributed by atoms with Gasteiger partial charge in [0.05, 0.1) is 4.92 Å². The molecule has 0 aromatic heterocycles. The van der Waals surface area contributed by atoms with Crippen LogP contribution in [0.3, 0.4) is 0 Å². The molecule has 88 valence electrons. The molecular formula is C12H18N2O2. The van der Waals surface area contributed by atoms with E-state index in [1.54, 1.807) is 12.1 Å². The summed E-state index contributed by atoms with van der Waals surface area (Å²) in [7, 11) is 1.88. The van der Waals surface area contributed by atoms with Crippen molar-refractivity contribution >= 4 is 5.69 Å². The number of para-hydroxylation sites is 1. The average Bonchev–Trinajstić information content (AvgIpc) is 2.30. The first-order valence-electron chi connectivity index (χ1n) is 5.52. The molecule has 0 spiro atoms. The molecule has 0 fully saturated rings. The van der Waals surface area contributed by atoms with Crippen LogP contribution < -0.4 is 5.32 Å². The highest BCUT2D eigenvalue weighted by atomic mass is 16.6. The van der Waals surface area contributed by atoms with E-state index in [4.69, 9.17) is 0 Å². The molecule has 1 aromatic rings. The van der Waals surface area contributed by atoms with Gasteiger partial charge in [0.1, 0.15) is 0 Å². The number of nitrogens with zero attached hydrogens (tertiary/aromatic N) is 1. The van der Waals surface area contributed by atoms with Gasteiger partial charge < -0.3 is 5.32 Å². The molecule has 0 heterocycles. The van der Waals surface area contributed by atoms with Crippen molar-refractivity contribution in [3.63, 3.8) is 0 Å². The summed E-state index contributed by atoms with van der Waals surface area (Å²) in [5.41, 5.74) is 1.04. The van der Waals surface area contributed by atoms with E-state index in [-0.39, 0.29) is 22.6 Å². The van der Waals surface area contributed by atoms with Gasteiger partial charge in [-0.25, -0.2) is 0 Å². The van der Waals surface area contributed by atoms with E-state index in [0.717, 1.165) is 12.0 Å². The van der Waals surface area contributed by atoms with Gasteiger partial charge in [0, 0.05) is 23.6 Å². The van der Waals surface area contributed by atoms with Crippen LogP contribution in [0.5, 0.6) is 0 Å². The van der Waals surface area contributed by atoms with E-state index in [0.29, 0.717) is 0 Å². The number of nitro groups is 1. The van der Waals surface area contributed by atoms with Crippen LogP contribution in [0.4, 0.5) is 5.69 Å². The number of nitrogens with one attached hydrogen (secondary N) is 1. The molecule has 16 heavy (non-hydrogen) atoms. The number of likely N-dealkylation sites (N-methyl/N-ethyl adjacent to an activating group) is 1. The predicted molar refractivity (Wildman–Crippen MR) is 64.7 cm³/mol. The SMILES string of the molecule is CCC(c1ccccc1[N+](=O)[O-])C(C)NC. The van der Waals surface area contributed by atoms with Gasteiger partial charge in [0.15, 0.2) is 0 Å². The summed E-state index contributed by atoms with van der Waals surface area (Å²) in [5, 5.41) is 14.1. The average molecular weight is 222 g/mol. The van der Waals surface area contributed by atoms with Crippen LogP contribution in [0, 0.1) is 10.1 Å². The smallest absolute Gasteiger partial charge is 0.272 e. The van der Waals surface area contributed by atoms with Gasteiger partial charge in [-0.3, -0.25) is 10.1 Å². The van der Waals surface area contributed by atoms with Crippen molar-refractivity contribution < 1.29 is 4.92 Å². The molecule has 0 amide bonds. The molecule has 4 nitrogen and oxygen atoms in total. The lowest BCUT2D eigenvalue weighted by Gasteiger charge is -2.22. The Balaban J connectivity index is 3.14. The zero-order valence-corrected chi connectivity index (χ0v) is 9.93. The summed E-state index contributed by atoms with van der Waals surface area (Å²) >= 11 is 0. The second-order valence-electron chi connectivity index (χ2n) is 3.91. The van der Waals surface area contributed by atoms with Crippen LogP contribution in [-0.4, -0.2) is 18.0 Å². The number of hydrogen-bond donors (Lipinski definition) is 1. The Morgan fingerprint density at radius 3 is 2.56 bits per heavy atom. The van der Waals surface area contributed by atoms with E-state index in [2.05, 4.69) is 12.2 Å². The maximum atomic E-state index is 10.9. The van der Waals surface area contributed by atoms with E-state index in [1.807, 2.05) is 26.1 Å². The molecule has 0 saturated heterocycles.